The summed E-state index contributed by atoms with van der Waals surface area (Å²) >= 11 is 0. The minimum Gasteiger partial charge on any atom is -0.497 e. The monoisotopic (exact) mass is 578 g/mol. The zero-order valence-electron chi connectivity index (χ0n) is 24.8. The number of rotatable bonds is 17. The molecule has 0 saturated carbocycles. The molecule has 2 N–H and O–H groups in total. The highest BCUT2D eigenvalue weighted by molar-refractivity contribution is 5.75. The molecule has 3 aromatic rings. The Balaban J connectivity index is 1.71. The van der Waals surface area contributed by atoms with E-state index in [1.54, 1.807) is 62.8 Å². The number of aliphatic hydroxyl groups is 2. The van der Waals surface area contributed by atoms with Crippen LogP contribution in [-0.4, -0.2) is 56.3 Å². The topological polar surface area (TPSA) is 104 Å². The van der Waals surface area contributed by atoms with E-state index in [0.717, 1.165) is 11.1 Å². The Bertz CT molecular complexity index is 1230. The summed E-state index contributed by atoms with van der Waals surface area (Å²) in [5.74, 6) is 0.495. The van der Waals surface area contributed by atoms with Crippen LogP contribution in [0.1, 0.15) is 48.7 Å². The van der Waals surface area contributed by atoms with Crippen LogP contribution in [0.15, 0.2) is 91.0 Å². The van der Waals surface area contributed by atoms with E-state index in [-0.39, 0.29) is 12.3 Å². The number of hydrogen-bond donors (Lipinski definition) is 2. The van der Waals surface area contributed by atoms with E-state index >= 15 is 0 Å². The first-order chi connectivity index (χ1) is 20.2. The second kappa shape index (κ2) is 16.7. The number of methoxy groups -OCH3 is 3. The fraction of sp³-hybridized carbons (Fsp3) is 0.382. The first kappa shape index (κ1) is 32.8. The largest absolute Gasteiger partial charge is 0.497 e. The molecule has 0 spiro atoms. The van der Waals surface area contributed by atoms with Crippen molar-refractivity contribution in [3.8, 4) is 11.5 Å². The second-order valence-corrected chi connectivity index (χ2v) is 10.3. The first-order valence-corrected chi connectivity index (χ1v) is 13.9. The summed E-state index contributed by atoms with van der Waals surface area (Å²) < 4.78 is 27.5. The van der Waals surface area contributed by atoms with Gasteiger partial charge in [0.1, 0.15) is 23.7 Å². The lowest BCUT2D eigenvalue weighted by molar-refractivity contribution is -0.177. The maximum absolute atomic E-state index is 12.9. The summed E-state index contributed by atoms with van der Waals surface area (Å²) in [7, 11) is 4.36. The van der Waals surface area contributed by atoms with E-state index < -0.39 is 30.4 Å². The van der Waals surface area contributed by atoms with Crippen molar-refractivity contribution in [1.29, 1.82) is 0 Å². The van der Waals surface area contributed by atoms with Gasteiger partial charge in [-0.05, 0) is 59.7 Å². The summed E-state index contributed by atoms with van der Waals surface area (Å²) in [6, 6.07) is 23.8. The van der Waals surface area contributed by atoms with E-state index in [2.05, 4.69) is 6.58 Å². The molecular formula is C34H42O8. The van der Waals surface area contributed by atoms with Crippen LogP contribution >= 0.6 is 0 Å². The van der Waals surface area contributed by atoms with Gasteiger partial charge in [0.25, 0.3) is 0 Å². The fourth-order valence-electron chi connectivity index (χ4n) is 4.74. The Morgan fingerprint density at radius 2 is 1.40 bits per heavy atom. The van der Waals surface area contributed by atoms with Gasteiger partial charge in [-0.1, -0.05) is 73.7 Å². The fourth-order valence-corrected chi connectivity index (χ4v) is 4.74. The Kier molecular flexibility index (Phi) is 13.0. The molecule has 5 atom stereocenters. The SMILES string of the molecule is C=C(COCc1ccccc1)C[C@@H](C)C[C@@H](O)[C@@H](O[C@H](c1ccc(OC)cc1)[C@H](O)c1ccc(OC)cc1)C(=O)OC. The maximum Gasteiger partial charge on any atom is 0.337 e. The summed E-state index contributed by atoms with van der Waals surface area (Å²) in [5, 5.41) is 22.6. The third kappa shape index (κ3) is 9.70. The molecule has 0 fully saturated rings. The van der Waals surface area contributed by atoms with Crippen molar-refractivity contribution in [3.63, 3.8) is 0 Å². The molecule has 8 nitrogen and oxygen atoms in total. The zero-order chi connectivity index (χ0) is 30.5. The highest BCUT2D eigenvalue weighted by Crippen LogP contribution is 2.36. The zero-order valence-corrected chi connectivity index (χ0v) is 24.8. The Morgan fingerprint density at radius 3 is 1.95 bits per heavy atom. The van der Waals surface area contributed by atoms with Crippen molar-refractivity contribution in [3.05, 3.63) is 108 Å². The number of benzene rings is 3. The quantitative estimate of drug-likeness (QED) is 0.158. The van der Waals surface area contributed by atoms with Crippen LogP contribution in [0.3, 0.4) is 0 Å². The second-order valence-electron chi connectivity index (χ2n) is 10.3. The highest BCUT2D eigenvalue weighted by Gasteiger charge is 2.36. The van der Waals surface area contributed by atoms with Gasteiger partial charge in [-0.2, -0.15) is 0 Å². The van der Waals surface area contributed by atoms with E-state index in [0.29, 0.717) is 42.3 Å². The van der Waals surface area contributed by atoms with Crippen LogP contribution in [0.25, 0.3) is 0 Å². The third-order valence-corrected chi connectivity index (χ3v) is 6.96. The van der Waals surface area contributed by atoms with Crippen molar-refractivity contribution in [2.45, 2.75) is 50.8 Å². The Hall–Kier alpha value is -3.69. The van der Waals surface area contributed by atoms with Crippen molar-refractivity contribution in [2.24, 2.45) is 5.92 Å². The first-order valence-electron chi connectivity index (χ1n) is 13.9. The van der Waals surface area contributed by atoms with Crippen molar-refractivity contribution in [2.75, 3.05) is 27.9 Å². The average molecular weight is 579 g/mol. The molecule has 0 aromatic heterocycles. The minimum atomic E-state index is -1.35. The van der Waals surface area contributed by atoms with Crippen LogP contribution in [0, 0.1) is 5.92 Å². The predicted octanol–water partition coefficient (Wildman–Crippen LogP) is 5.59. The lowest BCUT2D eigenvalue weighted by atomic mass is 9.93. The normalized spacial score (nSPS) is 14.7. The summed E-state index contributed by atoms with van der Waals surface area (Å²) in [5.41, 5.74) is 3.11. The van der Waals surface area contributed by atoms with E-state index in [4.69, 9.17) is 23.7 Å². The number of carbonyl (C=O) groups is 1. The minimum absolute atomic E-state index is 0.0328. The molecule has 3 aromatic carbocycles. The smallest absolute Gasteiger partial charge is 0.337 e. The van der Waals surface area contributed by atoms with Gasteiger partial charge in [0.05, 0.1) is 40.6 Å². The number of esters is 1. The van der Waals surface area contributed by atoms with Crippen LogP contribution in [-0.2, 0) is 25.6 Å². The number of ether oxygens (including phenoxy) is 5. The molecule has 0 amide bonds. The van der Waals surface area contributed by atoms with Crippen LogP contribution in [0.4, 0.5) is 0 Å². The predicted molar refractivity (Wildman–Crippen MR) is 160 cm³/mol. The molecule has 0 aliphatic heterocycles. The lowest BCUT2D eigenvalue weighted by Gasteiger charge is -2.31. The number of aliphatic hydroxyl groups excluding tert-OH is 2. The average Bonchev–Trinajstić information content (AvgIpc) is 3.01. The maximum atomic E-state index is 12.9. The molecule has 0 aliphatic carbocycles. The molecule has 3 rings (SSSR count). The van der Waals surface area contributed by atoms with Gasteiger partial charge in [0.2, 0.25) is 0 Å². The van der Waals surface area contributed by atoms with Gasteiger partial charge in [0, 0.05) is 0 Å². The van der Waals surface area contributed by atoms with E-state index in [1.165, 1.54) is 7.11 Å². The van der Waals surface area contributed by atoms with Gasteiger partial charge in [0.15, 0.2) is 6.10 Å². The van der Waals surface area contributed by atoms with Gasteiger partial charge in [-0.15, -0.1) is 0 Å². The molecule has 0 saturated heterocycles. The molecule has 8 heteroatoms. The van der Waals surface area contributed by atoms with Crippen molar-refractivity contribution >= 4 is 5.97 Å². The van der Waals surface area contributed by atoms with E-state index in [9.17, 15) is 15.0 Å². The van der Waals surface area contributed by atoms with E-state index in [1.807, 2.05) is 37.3 Å². The Morgan fingerprint density at radius 1 is 0.833 bits per heavy atom. The molecule has 42 heavy (non-hydrogen) atoms. The van der Waals surface area contributed by atoms with Gasteiger partial charge >= 0.3 is 5.97 Å². The highest BCUT2D eigenvalue weighted by atomic mass is 16.6. The summed E-state index contributed by atoms with van der Waals surface area (Å²) in [6.07, 6.45) is -3.88. The van der Waals surface area contributed by atoms with Gasteiger partial charge in [-0.25, -0.2) is 4.79 Å². The molecule has 0 unspecified atom stereocenters. The third-order valence-electron chi connectivity index (χ3n) is 6.96. The lowest BCUT2D eigenvalue weighted by Crippen LogP contribution is -2.40. The molecule has 226 valence electrons. The van der Waals surface area contributed by atoms with Crippen molar-refractivity contribution < 1.29 is 38.7 Å². The number of hydrogen-bond acceptors (Lipinski definition) is 8. The number of carbonyl (C=O) groups excluding carboxylic acids is 1. The molecule has 0 aliphatic rings. The molecular weight excluding hydrogens is 536 g/mol. The summed E-state index contributed by atoms with van der Waals surface area (Å²) in [4.78, 5) is 12.9. The van der Waals surface area contributed by atoms with Crippen LogP contribution < -0.4 is 9.47 Å². The van der Waals surface area contributed by atoms with Gasteiger partial charge in [-0.3, -0.25) is 0 Å². The Labute approximate surface area is 248 Å². The van der Waals surface area contributed by atoms with Crippen LogP contribution in [0.5, 0.6) is 11.5 Å². The molecule has 0 bridgehead atoms. The van der Waals surface area contributed by atoms with Crippen LogP contribution in [0.2, 0.25) is 0 Å². The van der Waals surface area contributed by atoms with Gasteiger partial charge < -0.3 is 33.9 Å². The molecule has 0 radical (unpaired) electrons. The standard InChI is InChI=1S/C34H42O8/c1-23(19-24(2)21-41-22-25-9-7-6-8-10-25)20-30(35)33(34(37)40-5)42-32(27-13-17-29(39-4)18-14-27)31(36)26-11-15-28(38-3)16-12-26/h6-18,23,30-33,35-36H,2,19-22H2,1,3-5H3/t23-,30-,31-,32-,33-/m1/s1. The van der Waals surface area contributed by atoms with Crippen molar-refractivity contribution in [1.82, 2.24) is 0 Å². The molecule has 0 heterocycles. The summed E-state index contributed by atoms with van der Waals surface area (Å²) in [6.45, 7) is 6.96.